The van der Waals surface area contributed by atoms with Gasteiger partial charge in [0.25, 0.3) is 5.91 Å². The van der Waals surface area contributed by atoms with Crippen molar-refractivity contribution in [2.45, 2.75) is 0 Å². The molecule has 3 rings (SSSR count). The summed E-state index contributed by atoms with van der Waals surface area (Å²) in [7, 11) is 0. The number of amides is 2. The molecule has 0 radical (unpaired) electrons. The first kappa shape index (κ1) is 15.4. The van der Waals surface area contributed by atoms with Gasteiger partial charge in [-0.05, 0) is 24.3 Å². The number of thioether (sulfide) groups is 1. The molecule has 0 saturated carbocycles. The van der Waals surface area contributed by atoms with Crippen molar-refractivity contribution >= 4 is 34.4 Å². The number of hydrogen-bond donors (Lipinski definition) is 0. The van der Waals surface area contributed by atoms with E-state index in [0.717, 1.165) is 28.8 Å². The van der Waals surface area contributed by atoms with E-state index in [1.54, 1.807) is 30.3 Å². The molecular weight excluding hydrogens is 322 g/mol. The van der Waals surface area contributed by atoms with Crippen molar-refractivity contribution in [1.82, 2.24) is 0 Å². The second-order valence-corrected chi connectivity index (χ2v) is 5.62. The quantitative estimate of drug-likeness (QED) is 0.848. The van der Waals surface area contributed by atoms with Crippen LogP contribution in [0.1, 0.15) is 10.4 Å². The van der Waals surface area contributed by atoms with Gasteiger partial charge in [-0.3, -0.25) is 14.5 Å². The number of anilines is 1. The van der Waals surface area contributed by atoms with Crippen LogP contribution in [0.4, 0.5) is 14.5 Å². The fourth-order valence-electron chi connectivity index (χ4n) is 2.06. The van der Waals surface area contributed by atoms with E-state index in [-0.39, 0.29) is 22.5 Å². The maximum atomic E-state index is 13.4. The fraction of sp³-hybridized carbons (Fsp3) is 0.0625. The minimum absolute atomic E-state index is 0.0832. The van der Waals surface area contributed by atoms with Gasteiger partial charge in [-0.25, -0.2) is 8.78 Å². The number of carbonyl (C=O) groups excluding carboxylic acids is 2. The summed E-state index contributed by atoms with van der Waals surface area (Å²) in [6.07, 6.45) is 0. The van der Waals surface area contributed by atoms with Crippen molar-refractivity contribution in [3.05, 3.63) is 65.7 Å². The fourth-order valence-corrected chi connectivity index (χ4v) is 2.92. The molecule has 2 amide bonds. The number of nitrogens with zero attached hydrogens (tertiary/aromatic N) is 2. The van der Waals surface area contributed by atoms with Crippen LogP contribution >= 0.6 is 11.8 Å². The summed E-state index contributed by atoms with van der Waals surface area (Å²) in [5, 5.41) is 0.148. The molecule has 2 aromatic carbocycles. The Labute approximate surface area is 134 Å². The zero-order valence-corrected chi connectivity index (χ0v) is 12.5. The Kier molecular flexibility index (Phi) is 4.20. The molecule has 1 aliphatic rings. The second-order valence-electron chi connectivity index (χ2n) is 4.68. The van der Waals surface area contributed by atoms with Crippen molar-refractivity contribution in [2.75, 3.05) is 10.7 Å². The van der Waals surface area contributed by atoms with Crippen LogP contribution in [-0.2, 0) is 4.79 Å². The van der Waals surface area contributed by atoms with Gasteiger partial charge >= 0.3 is 0 Å². The van der Waals surface area contributed by atoms with E-state index in [1.165, 1.54) is 6.07 Å². The molecule has 0 atom stereocenters. The second kappa shape index (κ2) is 6.29. The summed E-state index contributed by atoms with van der Waals surface area (Å²) in [5.41, 5.74) is 0.517. The van der Waals surface area contributed by atoms with Gasteiger partial charge < -0.3 is 0 Å². The molecule has 2 aromatic rings. The number of hydrogen-bond acceptors (Lipinski definition) is 3. The lowest BCUT2D eigenvalue weighted by Gasteiger charge is -2.15. The molecule has 0 bridgehead atoms. The zero-order valence-electron chi connectivity index (χ0n) is 11.7. The predicted octanol–water partition coefficient (Wildman–Crippen LogP) is 3.24. The Balaban J connectivity index is 1.95. The highest BCUT2D eigenvalue weighted by atomic mass is 32.2. The highest BCUT2D eigenvalue weighted by molar-refractivity contribution is 8.15. The van der Waals surface area contributed by atoms with Crippen molar-refractivity contribution in [3.8, 4) is 0 Å². The van der Waals surface area contributed by atoms with Crippen molar-refractivity contribution in [3.63, 3.8) is 0 Å². The molecular formula is C16H10F2N2O2S. The number of benzene rings is 2. The first-order chi connectivity index (χ1) is 11.1. The standard InChI is InChI=1S/C16H10F2N2O2S/c17-12-7-6-11(8-13(12)18)20-14(21)9-23-16(20)19-15(22)10-4-2-1-3-5-10/h1-8H,9H2. The molecule has 0 spiro atoms. The summed E-state index contributed by atoms with van der Waals surface area (Å²) in [4.78, 5) is 29.2. The lowest BCUT2D eigenvalue weighted by atomic mass is 10.2. The molecule has 1 saturated heterocycles. The molecule has 116 valence electrons. The first-order valence-electron chi connectivity index (χ1n) is 6.65. The number of rotatable bonds is 2. The number of amidine groups is 1. The van der Waals surface area contributed by atoms with E-state index < -0.39 is 17.5 Å². The van der Waals surface area contributed by atoms with Gasteiger partial charge in [0.05, 0.1) is 11.4 Å². The minimum atomic E-state index is -1.07. The third-order valence-corrected chi connectivity index (χ3v) is 4.07. The Morgan fingerprint density at radius 3 is 2.52 bits per heavy atom. The summed E-state index contributed by atoms with van der Waals surface area (Å²) in [6.45, 7) is 0. The Bertz CT molecular complexity index is 809. The average molecular weight is 332 g/mol. The molecule has 0 unspecified atom stereocenters. The Morgan fingerprint density at radius 1 is 1.09 bits per heavy atom. The van der Waals surface area contributed by atoms with Crippen LogP contribution in [0.3, 0.4) is 0 Å². The molecule has 1 aliphatic heterocycles. The molecule has 7 heteroatoms. The summed E-state index contributed by atoms with van der Waals surface area (Å²) >= 11 is 1.08. The largest absolute Gasteiger partial charge is 0.279 e. The first-order valence-corrected chi connectivity index (χ1v) is 7.63. The highest BCUT2D eigenvalue weighted by Crippen LogP contribution is 2.28. The SMILES string of the molecule is O=C(N=C1SCC(=O)N1c1ccc(F)c(F)c1)c1ccccc1. The van der Waals surface area contributed by atoms with Crippen LogP contribution in [-0.4, -0.2) is 22.7 Å². The van der Waals surface area contributed by atoms with Crippen LogP contribution in [0.5, 0.6) is 0 Å². The van der Waals surface area contributed by atoms with Gasteiger partial charge in [-0.2, -0.15) is 4.99 Å². The Hall–Kier alpha value is -2.54. The van der Waals surface area contributed by atoms with Crippen LogP contribution in [0.25, 0.3) is 0 Å². The van der Waals surface area contributed by atoms with Gasteiger partial charge in [0.15, 0.2) is 16.8 Å². The summed E-state index contributed by atoms with van der Waals surface area (Å²) in [5.74, 6) is -2.84. The monoisotopic (exact) mass is 332 g/mol. The molecule has 1 fully saturated rings. The Morgan fingerprint density at radius 2 is 1.83 bits per heavy atom. The third-order valence-electron chi connectivity index (χ3n) is 3.14. The molecule has 0 aliphatic carbocycles. The lowest BCUT2D eigenvalue weighted by Crippen LogP contribution is -2.30. The van der Waals surface area contributed by atoms with Gasteiger partial charge in [0, 0.05) is 11.6 Å². The molecule has 0 aromatic heterocycles. The minimum Gasteiger partial charge on any atom is -0.273 e. The molecule has 23 heavy (non-hydrogen) atoms. The van der Waals surface area contributed by atoms with Gasteiger partial charge in [-0.15, -0.1) is 0 Å². The van der Waals surface area contributed by atoms with E-state index in [9.17, 15) is 18.4 Å². The van der Waals surface area contributed by atoms with E-state index in [4.69, 9.17) is 0 Å². The van der Waals surface area contributed by atoms with Gasteiger partial charge in [0.2, 0.25) is 5.91 Å². The van der Waals surface area contributed by atoms with E-state index in [1.807, 2.05) is 0 Å². The summed E-state index contributed by atoms with van der Waals surface area (Å²) < 4.78 is 26.4. The predicted molar refractivity (Wildman–Crippen MR) is 84.5 cm³/mol. The van der Waals surface area contributed by atoms with Gasteiger partial charge in [-0.1, -0.05) is 30.0 Å². The van der Waals surface area contributed by atoms with Crippen molar-refractivity contribution in [2.24, 2.45) is 4.99 Å². The van der Waals surface area contributed by atoms with E-state index in [0.29, 0.717) is 5.56 Å². The maximum absolute atomic E-state index is 13.4. The van der Waals surface area contributed by atoms with Crippen molar-refractivity contribution < 1.29 is 18.4 Å². The topological polar surface area (TPSA) is 49.7 Å². The smallest absolute Gasteiger partial charge is 0.273 e. The van der Waals surface area contributed by atoms with E-state index >= 15 is 0 Å². The lowest BCUT2D eigenvalue weighted by molar-refractivity contribution is -0.115. The van der Waals surface area contributed by atoms with Crippen LogP contribution in [0, 0.1) is 11.6 Å². The number of aliphatic imine (C=N–C) groups is 1. The maximum Gasteiger partial charge on any atom is 0.279 e. The van der Waals surface area contributed by atoms with Crippen LogP contribution < -0.4 is 4.90 Å². The van der Waals surface area contributed by atoms with Crippen LogP contribution in [0.2, 0.25) is 0 Å². The van der Waals surface area contributed by atoms with E-state index in [2.05, 4.69) is 4.99 Å². The van der Waals surface area contributed by atoms with Crippen LogP contribution in [0.15, 0.2) is 53.5 Å². The number of carbonyl (C=O) groups is 2. The molecule has 1 heterocycles. The summed E-state index contributed by atoms with van der Waals surface area (Å²) in [6, 6.07) is 11.5. The normalized spacial score (nSPS) is 16.2. The third kappa shape index (κ3) is 3.14. The average Bonchev–Trinajstić information content (AvgIpc) is 2.91. The molecule has 0 N–H and O–H groups in total. The highest BCUT2D eigenvalue weighted by Gasteiger charge is 2.31. The van der Waals surface area contributed by atoms with Gasteiger partial charge in [0.1, 0.15) is 0 Å². The molecule has 4 nitrogen and oxygen atoms in total. The van der Waals surface area contributed by atoms with Crippen molar-refractivity contribution in [1.29, 1.82) is 0 Å². The zero-order chi connectivity index (χ0) is 16.4. The number of halogens is 2.